The second-order valence-electron chi connectivity index (χ2n) is 6.43. The number of nitrogen functional groups attached to an aromatic ring is 1. The van der Waals surface area contributed by atoms with Gasteiger partial charge in [0.1, 0.15) is 0 Å². The Morgan fingerprint density at radius 2 is 2.15 bits per heavy atom. The van der Waals surface area contributed by atoms with Crippen molar-refractivity contribution < 1.29 is 0 Å². The first-order valence-electron chi connectivity index (χ1n) is 7.13. The Morgan fingerprint density at radius 1 is 1.35 bits per heavy atom. The average Bonchev–Trinajstić information content (AvgIpc) is 2.97. The molecule has 0 bridgehead atoms. The van der Waals surface area contributed by atoms with Crippen molar-refractivity contribution >= 4 is 5.69 Å². The zero-order valence-corrected chi connectivity index (χ0v) is 12.3. The molecule has 1 heterocycles. The van der Waals surface area contributed by atoms with Crippen molar-refractivity contribution in [2.75, 3.05) is 5.73 Å². The Morgan fingerprint density at radius 3 is 2.85 bits per heavy atom. The number of anilines is 1. The van der Waals surface area contributed by atoms with Gasteiger partial charge >= 0.3 is 0 Å². The van der Waals surface area contributed by atoms with Crippen molar-refractivity contribution in [3.63, 3.8) is 0 Å². The van der Waals surface area contributed by atoms with Crippen LogP contribution < -0.4 is 5.73 Å². The standard InChI is InChI=1S/C15H21N5/c1-10-6-7-12(16)11(9-10)14-17-18-19-20(14)13-5-4-8-15(13,2)3/h6-7,9,13H,4-5,8,16H2,1-3H3. The summed E-state index contributed by atoms with van der Waals surface area (Å²) in [4.78, 5) is 0. The van der Waals surface area contributed by atoms with Gasteiger partial charge in [0.2, 0.25) is 0 Å². The van der Waals surface area contributed by atoms with E-state index >= 15 is 0 Å². The topological polar surface area (TPSA) is 69.6 Å². The summed E-state index contributed by atoms with van der Waals surface area (Å²) in [5.74, 6) is 0.783. The minimum absolute atomic E-state index is 0.225. The molecule has 1 aliphatic rings. The summed E-state index contributed by atoms with van der Waals surface area (Å²) in [7, 11) is 0. The molecule has 0 spiro atoms. The van der Waals surface area contributed by atoms with Crippen LogP contribution in [0, 0.1) is 12.3 Å². The summed E-state index contributed by atoms with van der Waals surface area (Å²) in [6.07, 6.45) is 3.55. The maximum atomic E-state index is 6.11. The van der Waals surface area contributed by atoms with Crippen LogP contribution in [-0.4, -0.2) is 20.2 Å². The molecule has 3 rings (SSSR count). The third-order valence-corrected chi connectivity index (χ3v) is 4.44. The maximum absolute atomic E-state index is 6.11. The summed E-state index contributed by atoms with van der Waals surface area (Å²) in [5.41, 5.74) is 9.15. The SMILES string of the molecule is Cc1ccc(N)c(-c2nnnn2C2CCCC2(C)C)c1. The highest BCUT2D eigenvalue weighted by atomic mass is 15.6. The number of nitrogens with zero attached hydrogens (tertiary/aromatic N) is 4. The fourth-order valence-corrected chi connectivity index (χ4v) is 3.21. The quantitative estimate of drug-likeness (QED) is 0.852. The Bertz CT molecular complexity index is 629. The molecule has 106 valence electrons. The first-order chi connectivity index (χ1) is 9.49. The molecule has 1 fully saturated rings. The molecule has 1 saturated carbocycles. The molecule has 5 nitrogen and oxygen atoms in total. The normalized spacial score (nSPS) is 21.2. The van der Waals surface area contributed by atoms with Crippen molar-refractivity contribution in [1.29, 1.82) is 0 Å². The van der Waals surface area contributed by atoms with Crippen LogP contribution in [0.3, 0.4) is 0 Å². The second kappa shape index (κ2) is 4.58. The number of nitrogens with two attached hydrogens (primary N) is 1. The zero-order chi connectivity index (χ0) is 14.3. The van der Waals surface area contributed by atoms with Gasteiger partial charge in [0.05, 0.1) is 6.04 Å². The number of rotatable bonds is 2. The first kappa shape index (κ1) is 13.1. The third kappa shape index (κ3) is 2.07. The average molecular weight is 271 g/mol. The molecule has 2 N–H and O–H groups in total. The van der Waals surface area contributed by atoms with Gasteiger partial charge in [-0.25, -0.2) is 4.68 Å². The predicted octanol–water partition coefficient (Wildman–Crippen LogP) is 2.98. The molecule has 1 unspecified atom stereocenters. The molecule has 0 aliphatic heterocycles. The Labute approximate surface area is 119 Å². The fourth-order valence-electron chi connectivity index (χ4n) is 3.21. The number of benzene rings is 1. The van der Waals surface area contributed by atoms with Crippen LogP contribution in [0.2, 0.25) is 0 Å². The van der Waals surface area contributed by atoms with Crippen molar-refractivity contribution in [3.05, 3.63) is 23.8 Å². The van der Waals surface area contributed by atoms with Crippen LogP contribution in [-0.2, 0) is 0 Å². The van der Waals surface area contributed by atoms with Gasteiger partial charge in [0, 0.05) is 11.3 Å². The van der Waals surface area contributed by atoms with E-state index in [0.29, 0.717) is 6.04 Å². The highest BCUT2D eigenvalue weighted by Crippen LogP contribution is 2.46. The minimum Gasteiger partial charge on any atom is -0.398 e. The molecule has 1 aromatic carbocycles. The van der Waals surface area contributed by atoms with E-state index in [9.17, 15) is 0 Å². The molecular formula is C15H21N5. The van der Waals surface area contributed by atoms with Gasteiger partial charge in [0.15, 0.2) is 5.82 Å². The number of tetrazole rings is 1. The van der Waals surface area contributed by atoms with Crippen molar-refractivity contribution in [3.8, 4) is 11.4 Å². The van der Waals surface area contributed by atoms with Gasteiger partial charge in [-0.15, -0.1) is 5.10 Å². The summed E-state index contributed by atoms with van der Waals surface area (Å²) < 4.78 is 1.97. The molecule has 1 atom stereocenters. The lowest BCUT2D eigenvalue weighted by atomic mass is 9.87. The van der Waals surface area contributed by atoms with Gasteiger partial charge in [-0.1, -0.05) is 31.9 Å². The van der Waals surface area contributed by atoms with E-state index in [1.165, 1.54) is 12.8 Å². The molecule has 0 amide bonds. The Kier molecular flexibility index (Phi) is 3.00. The van der Waals surface area contributed by atoms with Crippen LogP contribution in [0.25, 0.3) is 11.4 Å². The van der Waals surface area contributed by atoms with E-state index in [2.05, 4.69) is 42.4 Å². The fraction of sp³-hybridized carbons (Fsp3) is 0.533. The second-order valence-corrected chi connectivity index (χ2v) is 6.43. The van der Waals surface area contributed by atoms with Gasteiger partial charge in [-0.05, 0) is 47.7 Å². The molecule has 5 heteroatoms. The highest BCUT2D eigenvalue weighted by molar-refractivity contribution is 5.72. The number of aromatic nitrogens is 4. The predicted molar refractivity (Wildman–Crippen MR) is 79.1 cm³/mol. The lowest BCUT2D eigenvalue weighted by molar-refractivity contribution is 0.242. The number of aryl methyl sites for hydroxylation is 1. The smallest absolute Gasteiger partial charge is 0.184 e. The maximum Gasteiger partial charge on any atom is 0.184 e. The molecule has 20 heavy (non-hydrogen) atoms. The lowest BCUT2D eigenvalue weighted by Gasteiger charge is -2.27. The van der Waals surface area contributed by atoms with Crippen molar-refractivity contribution in [2.24, 2.45) is 5.41 Å². The summed E-state index contributed by atoms with van der Waals surface area (Å²) in [5, 5.41) is 12.3. The Hall–Kier alpha value is -1.91. The molecule has 1 aromatic heterocycles. The highest BCUT2D eigenvalue weighted by Gasteiger charge is 2.38. The van der Waals surface area contributed by atoms with Crippen LogP contribution in [0.1, 0.15) is 44.7 Å². The lowest BCUT2D eigenvalue weighted by Crippen LogP contribution is -2.23. The van der Waals surface area contributed by atoms with E-state index < -0.39 is 0 Å². The number of hydrogen-bond acceptors (Lipinski definition) is 4. The van der Waals surface area contributed by atoms with Crippen LogP contribution >= 0.6 is 0 Å². The summed E-state index contributed by atoms with van der Waals surface area (Å²) >= 11 is 0. The zero-order valence-electron chi connectivity index (χ0n) is 12.3. The summed E-state index contributed by atoms with van der Waals surface area (Å²) in [6, 6.07) is 6.32. The van der Waals surface area contributed by atoms with E-state index in [1.54, 1.807) is 0 Å². The van der Waals surface area contributed by atoms with E-state index in [1.807, 2.05) is 16.8 Å². The summed E-state index contributed by atoms with van der Waals surface area (Å²) in [6.45, 7) is 6.63. The molecular weight excluding hydrogens is 250 g/mol. The third-order valence-electron chi connectivity index (χ3n) is 4.44. The number of hydrogen-bond donors (Lipinski definition) is 1. The molecule has 0 radical (unpaired) electrons. The van der Waals surface area contributed by atoms with Crippen LogP contribution in [0.15, 0.2) is 18.2 Å². The van der Waals surface area contributed by atoms with Crippen molar-refractivity contribution in [1.82, 2.24) is 20.2 Å². The van der Waals surface area contributed by atoms with E-state index in [0.717, 1.165) is 29.1 Å². The molecule has 2 aromatic rings. The Balaban J connectivity index is 2.09. The van der Waals surface area contributed by atoms with Gasteiger partial charge < -0.3 is 5.73 Å². The van der Waals surface area contributed by atoms with Crippen LogP contribution in [0.5, 0.6) is 0 Å². The van der Waals surface area contributed by atoms with Gasteiger partial charge in [-0.2, -0.15) is 0 Å². The minimum atomic E-state index is 0.225. The first-order valence-corrected chi connectivity index (χ1v) is 7.13. The van der Waals surface area contributed by atoms with Crippen LogP contribution in [0.4, 0.5) is 5.69 Å². The monoisotopic (exact) mass is 271 g/mol. The van der Waals surface area contributed by atoms with E-state index in [4.69, 9.17) is 5.73 Å². The molecule has 0 saturated heterocycles. The molecule has 1 aliphatic carbocycles. The largest absolute Gasteiger partial charge is 0.398 e. The van der Waals surface area contributed by atoms with Gasteiger partial charge in [-0.3, -0.25) is 0 Å². The van der Waals surface area contributed by atoms with Crippen molar-refractivity contribution in [2.45, 2.75) is 46.1 Å². The van der Waals surface area contributed by atoms with Gasteiger partial charge in [0.25, 0.3) is 0 Å². The van der Waals surface area contributed by atoms with E-state index in [-0.39, 0.29) is 5.41 Å².